The van der Waals surface area contributed by atoms with Gasteiger partial charge in [0.05, 0.1) is 0 Å². The molecular weight excluding hydrogens is 243 g/mol. The fourth-order valence-electron chi connectivity index (χ4n) is 2.07. The van der Waals surface area contributed by atoms with Gasteiger partial charge in [0.25, 0.3) is 0 Å². The van der Waals surface area contributed by atoms with Crippen molar-refractivity contribution in [3.63, 3.8) is 0 Å². The lowest BCUT2D eigenvalue weighted by Gasteiger charge is -2.22. The molecule has 0 heterocycles. The Labute approximate surface area is 114 Å². The fraction of sp³-hybridized carbons (Fsp3) is 0.533. The summed E-state index contributed by atoms with van der Waals surface area (Å²) in [6.45, 7) is 8.03. The molecule has 0 spiro atoms. The Bertz CT molecular complexity index is 452. The third-order valence-electron chi connectivity index (χ3n) is 2.78. The molecule has 0 bridgehead atoms. The van der Waals surface area contributed by atoms with Crippen LogP contribution in [0.25, 0.3) is 0 Å². The van der Waals surface area contributed by atoms with E-state index in [1.807, 2.05) is 0 Å². The Hall–Kier alpha value is -1.42. The molecule has 0 aliphatic heterocycles. The lowest BCUT2D eigenvalue weighted by atomic mass is 9.87. The van der Waals surface area contributed by atoms with Crippen molar-refractivity contribution in [1.29, 1.82) is 0 Å². The highest BCUT2D eigenvalue weighted by Crippen LogP contribution is 2.21. The van der Waals surface area contributed by atoms with Crippen LogP contribution in [0.3, 0.4) is 0 Å². The number of anilines is 1. The van der Waals surface area contributed by atoms with Crippen LogP contribution >= 0.6 is 0 Å². The minimum Gasteiger partial charge on any atom is -0.327 e. The first-order valence-corrected chi connectivity index (χ1v) is 6.49. The zero-order valence-electron chi connectivity index (χ0n) is 12.1. The molecule has 1 aromatic carbocycles. The van der Waals surface area contributed by atoms with E-state index in [9.17, 15) is 9.18 Å². The number of aryl methyl sites for hydroxylation is 1. The van der Waals surface area contributed by atoms with Gasteiger partial charge in [-0.15, -0.1) is 0 Å². The first kappa shape index (κ1) is 15.6. The summed E-state index contributed by atoms with van der Waals surface area (Å²) in [6.07, 6.45) is 1.05. The van der Waals surface area contributed by atoms with Crippen molar-refractivity contribution in [3.8, 4) is 0 Å². The smallest absolute Gasteiger partial charge is 0.225 e. The first-order chi connectivity index (χ1) is 8.67. The van der Waals surface area contributed by atoms with E-state index < -0.39 is 0 Å². The van der Waals surface area contributed by atoms with Gasteiger partial charge in [-0.1, -0.05) is 20.8 Å². The molecule has 0 saturated carbocycles. The summed E-state index contributed by atoms with van der Waals surface area (Å²) in [5, 5.41) is 2.77. The van der Waals surface area contributed by atoms with Crippen molar-refractivity contribution in [2.45, 2.75) is 46.6 Å². The SMILES string of the molecule is Cc1cc(F)ccc1NC(=O)CC(N)CC(C)(C)C. The number of nitrogens with one attached hydrogen (secondary N) is 1. The summed E-state index contributed by atoms with van der Waals surface area (Å²) in [4.78, 5) is 11.9. The van der Waals surface area contributed by atoms with Crippen LogP contribution in [0.4, 0.5) is 10.1 Å². The number of benzene rings is 1. The maximum absolute atomic E-state index is 12.9. The third-order valence-corrected chi connectivity index (χ3v) is 2.78. The molecule has 3 nitrogen and oxygen atoms in total. The summed E-state index contributed by atoms with van der Waals surface area (Å²) in [7, 11) is 0. The van der Waals surface area contributed by atoms with Crippen molar-refractivity contribution in [1.82, 2.24) is 0 Å². The maximum atomic E-state index is 12.9. The van der Waals surface area contributed by atoms with E-state index in [1.54, 1.807) is 13.0 Å². The molecule has 1 aromatic rings. The Kier molecular flexibility index (Phi) is 5.06. The number of carbonyl (C=O) groups excluding carboxylic acids is 1. The van der Waals surface area contributed by atoms with Gasteiger partial charge in [0, 0.05) is 18.2 Å². The van der Waals surface area contributed by atoms with Crippen LogP contribution in [0.2, 0.25) is 0 Å². The summed E-state index contributed by atoms with van der Waals surface area (Å²) in [5.74, 6) is -0.439. The van der Waals surface area contributed by atoms with Gasteiger partial charge in [-0.3, -0.25) is 4.79 Å². The van der Waals surface area contributed by atoms with E-state index in [0.717, 1.165) is 6.42 Å². The molecule has 106 valence electrons. The van der Waals surface area contributed by atoms with Gasteiger partial charge in [0.1, 0.15) is 5.82 Å². The number of rotatable bonds is 4. The second-order valence-corrected chi connectivity index (χ2v) is 6.24. The summed E-state index contributed by atoms with van der Waals surface area (Å²) in [5.41, 5.74) is 7.40. The monoisotopic (exact) mass is 266 g/mol. The number of halogens is 1. The highest BCUT2D eigenvalue weighted by molar-refractivity contribution is 5.91. The van der Waals surface area contributed by atoms with Crippen LogP contribution in [-0.4, -0.2) is 11.9 Å². The van der Waals surface area contributed by atoms with Crippen LogP contribution in [-0.2, 0) is 4.79 Å². The molecule has 0 saturated heterocycles. The van der Waals surface area contributed by atoms with Gasteiger partial charge >= 0.3 is 0 Å². The maximum Gasteiger partial charge on any atom is 0.225 e. The minimum atomic E-state index is -0.306. The molecule has 1 amide bonds. The van der Waals surface area contributed by atoms with E-state index >= 15 is 0 Å². The quantitative estimate of drug-likeness (QED) is 0.879. The van der Waals surface area contributed by atoms with E-state index in [2.05, 4.69) is 26.1 Å². The second kappa shape index (κ2) is 6.15. The standard InChI is InChI=1S/C15H23FN2O/c1-10-7-11(16)5-6-13(10)18-14(19)8-12(17)9-15(2,3)4/h5-7,12H,8-9,17H2,1-4H3,(H,18,19). The van der Waals surface area contributed by atoms with Crippen LogP contribution in [0.1, 0.15) is 39.2 Å². The lowest BCUT2D eigenvalue weighted by molar-refractivity contribution is -0.116. The highest BCUT2D eigenvalue weighted by atomic mass is 19.1. The van der Waals surface area contributed by atoms with E-state index in [0.29, 0.717) is 11.3 Å². The van der Waals surface area contributed by atoms with E-state index in [4.69, 9.17) is 5.73 Å². The molecule has 0 aliphatic rings. The van der Waals surface area contributed by atoms with Gasteiger partial charge in [-0.2, -0.15) is 0 Å². The molecule has 4 heteroatoms. The van der Waals surface area contributed by atoms with Gasteiger partial charge in [0.2, 0.25) is 5.91 Å². The number of hydrogen-bond acceptors (Lipinski definition) is 2. The molecule has 0 aliphatic carbocycles. The molecule has 0 radical (unpaired) electrons. The zero-order valence-corrected chi connectivity index (χ0v) is 12.1. The lowest BCUT2D eigenvalue weighted by Crippen LogP contribution is -2.31. The summed E-state index contributed by atoms with van der Waals surface area (Å²) < 4.78 is 12.9. The Balaban J connectivity index is 2.56. The number of hydrogen-bond donors (Lipinski definition) is 2. The molecular formula is C15H23FN2O. The summed E-state index contributed by atoms with van der Waals surface area (Å²) in [6, 6.07) is 4.13. The molecule has 1 atom stereocenters. The fourth-order valence-corrected chi connectivity index (χ4v) is 2.07. The van der Waals surface area contributed by atoms with Gasteiger partial charge in [-0.25, -0.2) is 4.39 Å². The molecule has 0 fully saturated rings. The van der Waals surface area contributed by atoms with E-state index in [-0.39, 0.29) is 29.6 Å². The first-order valence-electron chi connectivity index (χ1n) is 6.49. The van der Waals surface area contributed by atoms with Crippen LogP contribution in [0.15, 0.2) is 18.2 Å². The van der Waals surface area contributed by atoms with Crippen molar-refractivity contribution in [2.24, 2.45) is 11.1 Å². The topological polar surface area (TPSA) is 55.1 Å². The third kappa shape index (κ3) is 5.83. The summed E-state index contributed by atoms with van der Waals surface area (Å²) >= 11 is 0. The average molecular weight is 266 g/mol. The number of amides is 1. The predicted molar refractivity (Wildman–Crippen MR) is 76.4 cm³/mol. The van der Waals surface area contributed by atoms with Crippen LogP contribution in [0.5, 0.6) is 0 Å². The number of carbonyl (C=O) groups is 1. The van der Waals surface area contributed by atoms with Gasteiger partial charge in [-0.05, 0) is 42.5 Å². The van der Waals surface area contributed by atoms with Crippen LogP contribution in [0, 0.1) is 18.2 Å². The Morgan fingerprint density at radius 3 is 2.58 bits per heavy atom. The largest absolute Gasteiger partial charge is 0.327 e. The second-order valence-electron chi connectivity index (χ2n) is 6.24. The molecule has 1 rings (SSSR count). The number of nitrogens with two attached hydrogens (primary N) is 1. The van der Waals surface area contributed by atoms with Crippen LogP contribution < -0.4 is 11.1 Å². The van der Waals surface area contributed by atoms with Crippen molar-refractivity contribution >= 4 is 11.6 Å². The van der Waals surface area contributed by atoms with Crippen molar-refractivity contribution in [2.75, 3.05) is 5.32 Å². The minimum absolute atomic E-state index is 0.103. The van der Waals surface area contributed by atoms with Crippen molar-refractivity contribution < 1.29 is 9.18 Å². The molecule has 1 unspecified atom stereocenters. The van der Waals surface area contributed by atoms with Gasteiger partial charge < -0.3 is 11.1 Å². The van der Waals surface area contributed by atoms with Gasteiger partial charge in [0.15, 0.2) is 0 Å². The molecule has 19 heavy (non-hydrogen) atoms. The average Bonchev–Trinajstić information content (AvgIpc) is 2.19. The predicted octanol–water partition coefficient (Wildman–Crippen LogP) is 3.23. The van der Waals surface area contributed by atoms with Crippen molar-refractivity contribution in [3.05, 3.63) is 29.6 Å². The Morgan fingerprint density at radius 2 is 2.05 bits per heavy atom. The van der Waals surface area contributed by atoms with E-state index in [1.165, 1.54) is 12.1 Å². The molecule has 0 aromatic heterocycles. The zero-order chi connectivity index (χ0) is 14.6. The normalized spacial score (nSPS) is 13.2. The molecule has 3 N–H and O–H groups in total. The Morgan fingerprint density at radius 1 is 1.42 bits per heavy atom. The highest BCUT2D eigenvalue weighted by Gasteiger charge is 2.18.